The van der Waals surface area contributed by atoms with Crippen molar-refractivity contribution < 1.29 is 31.1 Å². The summed E-state index contributed by atoms with van der Waals surface area (Å²) in [5.74, 6) is 2.47. The number of nitrogens with zero attached hydrogens (tertiary/aromatic N) is 2. The Balaban J connectivity index is 1.91. The lowest BCUT2D eigenvalue weighted by molar-refractivity contribution is -0.117. The second kappa shape index (κ2) is 6.66. The zero-order valence-electron chi connectivity index (χ0n) is 14.1. The van der Waals surface area contributed by atoms with Gasteiger partial charge in [0.15, 0.2) is 5.82 Å². The molecule has 3 rings (SSSR count). The second-order valence-corrected chi connectivity index (χ2v) is 9.79. The van der Waals surface area contributed by atoms with Crippen LogP contribution in [-0.2, 0) is 25.0 Å². The van der Waals surface area contributed by atoms with Crippen molar-refractivity contribution in [1.82, 2.24) is 9.03 Å². The first-order valence-corrected chi connectivity index (χ1v) is 11.1. The van der Waals surface area contributed by atoms with E-state index >= 15 is 0 Å². The number of sulfonamides is 1. The number of phenolic OH excluding ortho intramolecular Hbond substituents is 1. The Morgan fingerprint density at radius 1 is 1.37 bits per heavy atom. The van der Waals surface area contributed by atoms with Gasteiger partial charge in [-0.1, -0.05) is 11.8 Å². The van der Waals surface area contributed by atoms with Crippen LogP contribution in [0.15, 0.2) is 12.1 Å². The smallest absolute Gasteiger partial charge is 0.326 e. The van der Waals surface area contributed by atoms with E-state index in [1.165, 1.54) is 10.4 Å². The Hall–Kier alpha value is -2.36. The van der Waals surface area contributed by atoms with Crippen LogP contribution < -0.4 is 9.03 Å². The highest BCUT2D eigenvalue weighted by molar-refractivity contribution is 7.92. The topological polar surface area (TPSA) is 124 Å². The third kappa shape index (κ3) is 3.85. The van der Waals surface area contributed by atoms with E-state index in [4.69, 9.17) is 0 Å². The van der Waals surface area contributed by atoms with Crippen LogP contribution in [-0.4, -0.2) is 58.0 Å². The molecule has 0 bridgehead atoms. The van der Waals surface area contributed by atoms with E-state index in [-0.39, 0.29) is 18.0 Å². The number of aromatic hydroxyl groups is 1. The predicted octanol–water partition coefficient (Wildman–Crippen LogP) is -0.655. The van der Waals surface area contributed by atoms with Crippen LogP contribution in [0, 0.1) is 23.6 Å². The van der Waals surface area contributed by atoms with Crippen LogP contribution in [0.2, 0.25) is 0 Å². The molecule has 1 unspecified atom stereocenters. The minimum absolute atomic E-state index is 0.171. The number of benzene rings is 1. The molecule has 0 radical (unpaired) electrons. The van der Waals surface area contributed by atoms with E-state index in [9.17, 15) is 31.1 Å². The standard InChI is InChI=1S/C15H16FN3O6S2/c1-26(22,23)18-7-6-10(8-18)2-3-11-4-5-12(20)15(14(11)16)19-9-13(21)17-27(19,24)25/h4-5,10,20H,6-9H2,1H3,(H,17,21). The van der Waals surface area contributed by atoms with Gasteiger partial charge < -0.3 is 5.11 Å². The van der Waals surface area contributed by atoms with Gasteiger partial charge in [-0.3, -0.25) is 4.79 Å². The number of nitrogens with one attached hydrogen (secondary N) is 1. The van der Waals surface area contributed by atoms with E-state index in [1.54, 1.807) is 4.72 Å². The third-order valence-electron chi connectivity index (χ3n) is 4.20. The van der Waals surface area contributed by atoms with Crippen LogP contribution in [0.4, 0.5) is 10.1 Å². The zero-order valence-corrected chi connectivity index (χ0v) is 15.8. The van der Waals surface area contributed by atoms with Crippen LogP contribution >= 0.6 is 0 Å². The summed E-state index contributed by atoms with van der Waals surface area (Å²) >= 11 is 0. The molecular formula is C15H16FN3O6S2. The lowest BCUT2D eigenvalue weighted by Gasteiger charge is -2.17. The van der Waals surface area contributed by atoms with Crippen molar-refractivity contribution in [2.75, 3.05) is 30.2 Å². The Morgan fingerprint density at radius 3 is 2.63 bits per heavy atom. The lowest BCUT2D eigenvalue weighted by Crippen LogP contribution is -2.30. The van der Waals surface area contributed by atoms with E-state index in [0.717, 1.165) is 12.3 Å². The van der Waals surface area contributed by atoms with Crippen molar-refractivity contribution in [3.05, 3.63) is 23.5 Å². The fourth-order valence-corrected chi connectivity index (χ4v) is 4.91. The molecule has 1 aromatic rings. The van der Waals surface area contributed by atoms with Crippen molar-refractivity contribution in [1.29, 1.82) is 0 Å². The number of rotatable bonds is 2. The first kappa shape index (κ1) is 19.4. The molecule has 1 aromatic carbocycles. The minimum Gasteiger partial charge on any atom is -0.506 e. The molecule has 9 nitrogen and oxygen atoms in total. The number of hydrogen-bond acceptors (Lipinski definition) is 6. The van der Waals surface area contributed by atoms with Gasteiger partial charge in [-0.2, -0.15) is 8.42 Å². The molecular weight excluding hydrogens is 401 g/mol. The molecule has 1 atom stereocenters. The second-order valence-electron chi connectivity index (χ2n) is 6.21. The van der Waals surface area contributed by atoms with Gasteiger partial charge >= 0.3 is 10.2 Å². The van der Waals surface area contributed by atoms with Crippen LogP contribution in [0.3, 0.4) is 0 Å². The maximum absolute atomic E-state index is 14.8. The Kier molecular flexibility index (Phi) is 4.79. The van der Waals surface area contributed by atoms with Gasteiger partial charge in [0.25, 0.3) is 5.91 Å². The maximum Gasteiger partial charge on any atom is 0.326 e. The monoisotopic (exact) mass is 417 g/mol. The van der Waals surface area contributed by atoms with Crippen molar-refractivity contribution in [2.24, 2.45) is 5.92 Å². The molecule has 2 aliphatic rings. The number of hydrogen-bond donors (Lipinski definition) is 2. The van der Waals surface area contributed by atoms with Gasteiger partial charge in [0.2, 0.25) is 10.0 Å². The molecule has 2 fully saturated rings. The third-order valence-corrected chi connectivity index (χ3v) is 6.84. The SMILES string of the molecule is CS(=O)(=O)N1CCC(C#Cc2ccc(O)c(N3CC(=O)NS3(=O)=O)c2F)C1. The molecule has 2 saturated heterocycles. The summed E-state index contributed by atoms with van der Waals surface area (Å²) in [6.07, 6.45) is 1.59. The number of halogens is 1. The average Bonchev–Trinajstić information content (AvgIpc) is 3.11. The zero-order chi connectivity index (χ0) is 20.0. The number of phenols is 1. The molecule has 0 saturated carbocycles. The van der Waals surface area contributed by atoms with E-state index < -0.39 is 49.9 Å². The Bertz CT molecular complexity index is 1070. The summed E-state index contributed by atoms with van der Waals surface area (Å²) in [5, 5.41) is 9.89. The maximum atomic E-state index is 14.8. The molecule has 12 heteroatoms. The highest BCUT2D eigenvalue weighted by Gasteiger charge is 2.37. The largest absolute Gasteiger partial charge is 0.506 e. The number of amides is 1. The highest BCUT2D eigenvalue weighted by atomic mass is 32.2. The molecule has 146 valence electrons. The highest BCUT2D eigenvalue weighted by Crippen LogP contribution is 2.35. The van der Waals surface area contributed by atoms with E-state index in [0.29, 0.717) is 17.3 Å². The molecule has 0 aliphatic carbocycles. The van der Waals surface area contributed by atoms with Gasteiger partial charge in [-0.15, -0.1) is 0 Å². The molecule has 0 aromatic heterocycles. The quantitative estimate of drug-likeness (QED) is 0.616. The summed E-state index contributed by atoms with van der Waals surface area (Å²) in [6.45, 7) is -0.145. The van der Waals surface area contributed by atoms with Crippen molar-refractivity contribution in [3.63, 3.8) is 0 Å². The van der Waals surface area contributed by atoms with Gasteiger partial charge in [0.1, 0.15) is 18.0 Å². The van der Waals surface area contributed by atoms with E-state index in [2.05, 4.69) is 11.8 Å². The molecule has 2 N–H and O–H groups in total. The first-order valence-electron chi connectivity index (χ1n) is 7.80. The molecule has 27 heavy (non-hydrogen) atoms. The van der Waals surface area contributed by atoms with Crippen molar-refractivity contribution in [2.45, 2.75) is 6.42 Å². The predicted molar refractivity (Wildman–Crippen MR) is 93.9 cm³/mol. The van der Waals surface area contributed by atoms with Gasteiger partial charge in [0.05, 0.1) is 11.8 Å². The van der Waals surface area contributed by atoms with Crippen molar-refractivity contribution in [3.8, 4) is 17.6 Å². The summed E-state index contributed by atoms with van der Waals surface area (Å²) in [4.78, 5) is 11.3. The van der Waals surface area contributed by atoms with Crippen LogP contribution in [0.25, 0.3) is 0 Å². The fourth-order valence-electron chi connectivity index (χ4n) is 2.86. The van der Waals surface area contributed by atoms with Gasteiger partial charge in [-0.05, 0) is 18.6 Å². The molecule has 1 amide bonds. The normalized spacial score (nSPS) is 22.4. The number of carbonyl (C=O) groups is 1. The molecule has 2 heterocycles. The summed E-state index contributed by atoms with van der Waals surface area (Å²) in [6, 6.07) is 2.26. The Morgan fingerprint density at radius 2 is 2.07 bits per heavy atom. The average molecular weight is 417 g/mol. The lowest BCUT2D eigenvalue weighted by atomic mass is 10.1. The van der Waals surface area contributed by atoms with E-state index in [1.807, 2.05) is 0 Å². The summed E-state index contributed by atoms with van der Waals surface area (Å²) < 4.78 is 65.0. The fraction of sp³-hybridized carbons (Fsp3) is 0.400. The van der Waals surface area contributed by atoms with Crippen LogP contribution in [0.1, 0.15) is 12.0 Å². The Labute approximate surface area is 156 Å². The first-order chi connectivity index (χ1) is 12.5. The molecule has 0 spiro atoms. The van der Waals surface area contributed by atoms with Crippen LogP contribution in [0.5, 0.6) is 5.75 Å². The molecule has 2 aliphatic heterocycles. The summed E-state index contributed by atoms with van der Waals surface area (Å²) in [5.41, 5.74) is -0.834. The number of anilines is 1. The minimum atomic E-state index is -4.29. The van der Waals surface area contributed by atoms with Gasteiger partial charge in [0, 0.05) is 19.0 Å². The summed E-state index contributed by atoms with van der Waals surface area (Å²) in [7, 11) is -7.62. The van der Waals surface area contributed by atoms with Gasteiger partial charge in [-0.25, -0.2) is 26.1 Å². The van der Waals surface area contributed by atoms with Crippen molar-refractivity contribution >= 4 is 31.8 Å². The number of carbonyl (C=O) groups excluding carboxylic acids is 1.